The molecule has 0 radical (unpaired) electrons. The van der Waals surface area contributed by atoms with Crippen molar-refractivity contribution < 1.29 is 0 Å². The van der Waals surface area contributed by atoms with E-state index in [2.05, 4.69) is 57.4 Å². The zero-order valence-corrected chi connectivity index (χ0v) is 13.9. The molecule has 1 saturated carbocycles. The largest absolute Gasteiger partial charge is 0.322 e. The van der Waals surface area contributed by atoms with Gasteiger partial charge in [0.2, 0.25) is 0 Å². The molecule has 20 heavy (non-hydrogen) atoms. The molecule has 1 atom stereocenters. The van der Waals surface area contributed by atoms with Gasteiger partial charge in [-0.05, 0) is 36.3 Å². The predicted molar refractivity (Wildman–Crippen MR) is 85.3 cm³/mol. The van der Waals surface area contributed by atoms with Gasteiger partial charge in [0, 0.05) is 6.04 Å². The predicted octanol–water partition coefficient (Wildman–Crippen LogP) is 5.25. The summed E-state index contributed by atoms with van der Waals surface area (Å²) in [4.78, 5) is 4.80. The van der Waals surface area contributed by atoms with Crippen molar-refractivity contribution in [3.63, 3.8) is 0 Å². The van der Waals surface area contributed by atoms with Crippen molar-refractivity contribution >= 4 is 22.6 Å². The first kappa shape index (κ1) is 13.9. The lowest BCUT2D eigenvalue weighted by Crippen LogP contribution is -2.07. The first-order valence-electron chi connectivity index (χ1n) is 7.31. The van der Waals surface area contributed by atoms with Gasteiger partial charge < -0.3 is 4.57 Å². The molecule has 1 fully saturated rings. The molecule has 1 unspecified atom stereocenters. The van der Waals surface area contributed by atoms with Crippen molar-refractivity contribution in [1.29, 1.82) is 0 Å². The minimum atomic E-state index is -0.0750. The van der Waals surface area contributed by atoms with E-state index in [-0.39, 0.29) is 16.2 Å². The molecule has 0 amide bonds. The van der Waals surface area contributed by atoms with Crippen LogP contribution in [0.2, 0.25) is 0 Å². The highest BCUT2D eigenvalue weighted by Crippen LogP contribution is 2.72. The molecule has 1 heterocycles. The number of hydrogen-bond acceptors (Lipinski definition) is 1. The maximum Gasteiger partial charge on any atom is 0.128 e. The van der Waals surface area contributed by atoms with Crippen LogP contribution in [-0.2, 0) is 0 Å². The lowest BCUT2D eigenvalue weighted by Gasteiger charge is -2.14. The lowest BCUT2D eigenvalue weighted by atomic mass is 10.0. The molecule has 3 rings (SSSR count). The van der Waals surface area contributed by atoms with Crippen LogP contribution < -0.4 is 0 Å². The standard InChI is InChI=1S/C17H23ClN2/c1-10-8-7-9-12-13(10)20(14(19-12)11(2)18)15-16(3,4)17(15,5)6/h7-9,11,15H,1-6H3. The molecule has 0 aliphatic heterocycles. The molecule has 1 aromatic carbocycles. The number of alkyl halides is 1. The minimum Gasteiger partial charge on any atom is -0.322 e. The number of halogens is 1. The second-order valence-corrected chi connectivity index (χ2v) is 7.90. The third-order valence-corrected chi connectivity index (χ3v) is 5.69. The summed E-state index contributed by atoms with van der Waals surface area (Å²) in [5.41, 5.74) is 4.12. The summed E-state index contributed by atoms with van der Waals surface area (Å²) < 4.78 is 2.41. The minimum absolute atomic E-state index is 0.0750. The molecule has 0 spiro atoms. The molecular formula is C17H23ClN2. The SMILES string of the molecule is Cc1cccc2nc(C(C)Cl)n(C3C(C)(C)C3(C)C)c12. The van der Waals surface area contributed by atoms with E-state index in [0.29, 0.717) is 6.04 Å². The van der Waals surface area contributed by atoms with Gasteiger partial charge in [0.15, 0.2) is 0 Å². The number of aryl methyl sites for hydroxylation is 1. The zero-order valence-electron chi connectivity index (χ0n) is 13.2. The fraction of sp³-hybridized carbons (Fsp3) is 0.588. The highest BCUT2D eigenvalue weighted by atomic mass is 35.5. The van der Waals surface area contributed by atoms with Crippen LogP contribution >= 0.6 is 11.6 Å². The van der Waals surface area contributed by atoms with E-state index >= 15 is 0 Å². The fourth-order valence-corrected chi connectivity index (χ4v) is 3.84. The topological polar surface area (TPSA) is 17.8 Å². The van der Waals surface area contributed by atoms with E-state index in [1.54, 1.807) is 0 Å². The van der Waals surface area contributed by atoms with Gasteiger partial charge in [-0.1, -0.05) is 39.8 Å². The van der Waals surface area contributed by atoms with Crippen molar-refractivity contribution in [3.8, 4) is 0 Å². The molecule has 1 aromatic heterocycles. The van der Waals surface area contributed by atoms with Gasteiger partial charge >= 0.3 is 0 Å². The first-order valence-corrected chi connectivity index (χ1v) is 7.74. The van der Waals surface area contributed by atoms with Crippen LogP contribution in [0, 0.1) is 17.8 Å². The molecule has 0 N–H and O–H groups in total. The molecule has 2 nitrogen and oxygen atoms in total. The molecule has 0 saturated heterocycles. The number of nitrogens with zero attached hydrogens (tertiary/aromatic N) is 2. The number of fused-ring (bicyclic) bond motifs is 1. The smallest absolute Gasteiger partial charge is 0.128 e. The lowest BCUT2D eigenvalue weighted by molar-refractivity contribution is 0.457. The molecule has 1 aliphatic carbocycles. The molecule has 0 bridgehead atoms. The first-order chi connectivity index (χ1) is 9.19. The normalized spacial score (nSPS) is 22.1. The highest BCUT2D eigenvalue weighted by Gasteiger charge is 2.66. The quantitative estimate of drug-likeness (QED) is 0.691. The van der Waals surface area contributed by atoms with E-state index in [9.17, 15) is 0 Å². The maximum atomic E-state index is 6.41. The van der Waals surface area contributed by atoms with Crippen LogP contribution in [0.4, 0.5) is 0 Å². The van der Waals surface area contributed by atoms with Gasteiger partial charge in [0.25, 0.3) is 0 Å². The third-order valence-electron chi connectivity index (χ3n) is 5.50. The number of hydrogen-bond donors (Lipinski definition) is 0. The Morgan fingerprint density at radius 1 is 1.20 bits per heavy atom. The molecule has 108 valence electrons. The Morgan fingerprint density at radius 2 is 1.80 bits per heavy atom. The van der Waals surface area contributed by atoms with Gasteiger partial charge in [-0.25, -0.2) is 4.98 Å². The molecular weight excluding hydrogens is 268 g/mol. The van der Waals surface area contributed by atoms with Crippen LogP contribution in [0.25, 0.3) is 11.0 Å². The molecule has 3 heteroatoms. The summed E-state index contributed by atoms with van der Waals surface area (Å²) >= 11 is 6.41. The molecule has 2 aromatic rings. The Balaban J connectivity index is 2.32. The second-order valence-electron chi connectivity index (χ2n) is 7.24. The van der Waals surface area contributed by atoms with Gasteiger partial charge in [-0.15, -0.1) is 11.6 Å². The van der Waals surface area contributed by atoms with Crippen LogP contribution in [-0.4, -0.2) is 9.55 Å². The van der Waals surface area contributed by atoms with Crippen LogP contribution in [0.5, 0.6) is 0 Å². The Kier molecular flexibility index (Phi) is 2.79. The number of aromatic nitrogens is 2. The van der Waals surface area contributed by atoms with E-state index in [1.165, 1.54) is 11.1 Å². The Labute approximate surface area is 126 Å². The summed E-state index contributed by atoms with van der Waals surface area (Å²) in [5.74, 6) is 1.000. The van der Waals surface area contributed by atoms with Crippen molar-refractivity contribution in [2.75, 3.05) is 0 Å². The monoisotopic (exact) mass is 290 g/mol. The van der Waals surface area contributed by atoms with Crippen LogP contribution in [0.15, 0.2) is 18.2 Å². The van der Waals surface area contributed by atoms with E-state index < -0.39 is 0 Å². The highest BCUT2D eigenvalue weighted by molar-refractivity contribution is 6.20. The third kappa shape index (κ3) is 1.60. The van der Waals surface area contributed by atoms with Gasteiger partial charge in [0.05, 0.1) is 16.4 Å². The van der Waals surface area contributed by atoms with E-state index in [1.807, 2.05) is 6.92 Å². The number of rotatable bonds is 2. The second kappa shape index (κ2) is 4.00. The number of benzene rings is 1. The van der Waals surface area contributed by atoms with E-state index in [4.69, 9.17) is 16.6 Å². The summed E-state index contributed by atoms with van der Waals surface area (Å²) in [7, 11) is 0. The Morgan fingerprint density at radius 3 is 2.30 bits per heavy atom. The molecule has 1 aliphatic rings. The van der Waals surface area contributed by atoms with Crippen molar-refractivity contribution in [1.82, 2.24) is 9.55 Å². The van der Waals surface area contributed by atoms with Gasteiger partial charge in [-0.2, -0.15) is 0 Å². The van der Waals surface area contributed by atoms with Crippen LogP contribution in [0.3, 0.4) is 0 Å². The number of para-hydroxylation sites is 1. The van der Waals surface area contributed by atoms with Crippen LogP contribution in [0.1, 0.15) is 57.4 Å². The van der Waals surface area contributed by atoms with Gasteiger partial charge in [-0.3, -0.25) is 0 Å². The Hall–Kier alpha value is -1.02. The fourth-order valence-electron chi connectivity index (χ4n) is 3.69. The van der Waals surface area contributed by atoms with Gasteiger partial charge in [0.1, 0.15) is 5.82 Å². The average Bonchev–Trinajstić information content (AvgIpc) is 2.65. The average molecular weight is 291 g/mol. The summed E-state index contributed by atoms with van der Waals surface area (Å²) in [5, 5.41) is -0.0750. The Bertz CT molecular complexity index is 666. The van der Waals surface area contributed by atoms with Crippen molar-refractivity contribution in [2.45, 2.75) is 53.0 Å². The summed E-state index contributed by atoms with van der Waals surface area (Å²) in [6.45, 7) is 13.5. The summed E-state index contributed by atoms with van der Waals surface area (Å²) in [6, 6.07) is 6.77. The van der Waals surface area contributed by atoms with E-state index in [0.717, 1.165) is 11.3 Å². The number of imidazole rings is 1. The van der Waals surface area contributed by atoms with Crippen molar-refractivity contribution in [3.05, 3.63) is 29.6 Å². The van der Waals surface area contributed by atoms with Crippen molar-refractivity contribution in [2.24, 2.45) is 10.8 Å². The summed E-state index contributed by atoms with van der Waals surface area (Å²) in [6.07, 6.45) is 0. The maximum absolute atomic E-state index is 6.41. The zero-order chi connectivity index (χ0) is 14.9.